The van der Waals surface area contributed by atoms with Gasteiger partial charge in [-0.2, -0.15) is 0 Å². The predicted octanol–water partition coefficient (Wildman–Crippen LogP) is 2.78. The molecule has 0 spiro atoms. The summed E-state index contributed by atoms with van der Waals surface area (Å²) in [6.07, 6.45) is 1.40. The van der Waals surface area contributed by atoms with E-state index in [0.717, 1.165) is 16.7 Å². The maximum Gasteiger partial charge on any atom is 0.231 e. The van der Waals surface area contributed by atoms with Gasteiger partial charge in [0.15, 0.2) is 0 Å². The van der Waals surface area contributed by atoms with E-state index in [1.807, 2.05) is 37.3 Å². The van der Waals surface area contributed by atoms with Crippen LogP contribution in [0.2, 0.25) is 0 Å². The molecule has 0 fully saturated rings. The molecule has 0 aliphatic rings. The molecule has 0 saturated carbocycles. The Balaban J connectivity index is 2.18. The van der Waals surface area contributed by atoms with Crippen LogP contribution in [0.1, 0.15) is 5.56 Å². The van der Waals surface area contributed by atoms with E-state index in [1.54, 1.807) is 0 Å². The Bertz CT molecular complexity index is 671. The Hall–Kier alpha value is -2.36. The van der Waals surface area contributed by atoms with E-state index < -0.39 is 0 Å². The van der Waals surface area contributed by atoms with Gasteiger partial charge in [-0.05, 0) is 13.0 Å². The number of nitrogen functional groups attached to an aromatic ring is 1. The minimum Gasteiger partial charge on any atom is -0.438 e. The summed E-state index contributed by atoms with van der Waals surface area (Å²) in [5, 5.41) is 0.753. The second kappa shape index (κ2) is 3.59. The summed E-state index contributed by atoms with van der Waals surface area (Å²) >= 11 is 0. The molecule has 3 aromatic rings. The Morgan fingerprint density at radius 2 is 1.88 bits per heavy atom. The van der Waals surface area contributed by atoms with Crippen molar-refractivity contribution < 1.29 is 4.42 Å². The van der Waals surface area contributed by atoms with Crippen molar-refractivity contribution in [3.63, 3.8) is 0 Å². The van der Waals surface area contributed by atoms with Crippen molar-refractivity contribution in [2.24, 2.45) is 0 Å². The van der Waals surface area contributed by atoms with E-state index in [-0.39, 0.29) is 0 Å². The summed E-state index contributed by atoms with van der Waals surface area (Å²) < 4.78 is 5.64. The molecule has 2 aromatic heterocycles. The highest BCUT2D eigenvalue weighted by atomic mass is 16.3. The third-order valence-electron chi connectivity index (χ3n) is 2.70. The number of aromatic nitrogens is 2. The van der Waals surface area contributed by atoms with Gasteiger partial charge in [0.2, 0.25) is 5.71 Å². The highest BCUT2D eigenvalue weighted by Crippen LogP contribution is 2.28. The lowest BCUT2D eigenvalue weighted by Crippen LogP contribution is -1.89. The lowest BCUT2D eigenvalue weighted by atomic mass is 10.1. The first-order chi connectivity index (χ1) is 8.24. The molecule has 0 saturated heterocycles. The zero-order valence-corrected chi connectivity index (χ0v) is 9.34. The van der Waals surface area contributed by atoms with Crippen molar-refractivity contribution >= 4 is 16.9 Å². The molecule has 84 valence electrons. The molecule has 0 aliphatic heterocycles. The topological polar surface area (TPSA) is 64.9 Å². The summed E-state index contributed by atoms with van der Waals surface area (Å²) in [5.74, 6) is 1.20. The van der Waals surface area contributed by atoms with Crippen LogP contribution >= 0.6 is 0 Å². The number of anilines is 1. The number of furan rings is 1. The molecule has 17 heavy (non-hydrogen) atoms. The third-order valence-corrected chi connectivity index (χ3v) is 2.70. The highest BCUT2D eigenvalue weighted by Gasteiger charge is 2.09. The first-order valence-electron chi connectivity index (χ1n) is 5.31. The minimum absolute atomic E-state index is 0.442. The zero-order chi connectivity index (χ0) is 11.8. The Kier molecular flexibility index (Phi) is 2.08. The van der Waals surface area contributed by atoms with Crippen molar-refractivity contribution in [1.82, 2.24) is 9.97 Å². The van der Waals surface area contributed by atoms with Gasteiger partial charge < -0.3 is 10.2 Å². The highest BCUT2D eigenvalue weighted by molar-refractivity contribution is 5.88. The van der Waals surface area contributed by atoms with Crippen molar-refractivity contribution in [1.29, 1.82) is 0 Å². The fourth-order valence-corrected chi connectivity index (χ4v) is 1.73. The number of rotatable bonds is 1. The van der Waals surface area contributed by atoms with E-state index in [9.17, 15) is 0 Å². The van der Waals surface area contributed by atoms with Crippen molar-refractivity contribution in [3.05, 3.63) is 42.2 Å². The van der Waals surface area contributed by atoms with Crippen LogP contribution in [0.15, 0.2) is 41.1 Å². The number of aryl methyl sites for hydroxylation is 1. The molecule has 0 aliphatic carbocycles. The van der Waals surface area contributed by atoms with E-state index in [2.05, 4.69) is 9.97 Å². The minimum atomic E-state index is 0.442. The molecule has 4 heteroatoms. The number of nitrogens with zero attached hydrogens (tertiary/aromatic N) is 2. The summed E-state index contributed by atoms with van der Waals surface area (Å²) in [4.78, 5) is 7.98. The maximum atomic E-state index is 5.76. The molecule has 0 bridgehead atoms. The fraction of sp³-hybridized carbons (Fsp3) is 0.0769. The second-order valence-corrected chi connectivity index (χ2v) is 3.95. The largest absolute Gasteiger partial charge is 0.438 e. The fourth-order valence-electron chi connectivity index (χ4n) is 1.73. The van der Waals surface area contributed by atoms with Crippen LogP contribution in [0.3, 0.4) is 0 Å². The zero-order valence-electron chi connectivity index (χ0n) is 9.34. The van der Waals surface area contributed by atoms with Gasteiger partial charge in [0.05, 0.1) is 5.39 Å². The molecule has 4 nitrogen and oxygen atoms in total. The lowest BCUT2D eigenvalue weighted by Gasteiger charge is -1.96. The molecule has 3 rings (SSSR count). The smallest absolute Gasteiger partial charge is 0.231 e. The van der Waals surface area contributed by atoms with Crippen LogP contribution in [0, 0.1) is 6.92 Å². The Morgan fingerprint density at radius 3 is 2.59 bits per heavy atom. The van der Waals surface area contributed by atoms with E-state index >= 15 is 0 Å². The molecule has 0 atom stereocenters. The standard InChI is InChI=1S/C13H11N3O/c1-8-2-4-9(5-3-8)11-6-10-12(14)15-7-16-13(10)17-11/h2-7H,1H3,(H2,14,15,16). The monoisotopic (exact) mass is 225 g/mol. The van der Waals surface area contributed by atoms with Crippen LogP contribution in [0.4, 0.5) is 5.82 Å². The molecule has 2 N–H and O–H groups in total. The van der Waals surface area contributed by atoms with Crippen LogP contribution < -0.4 is 5.73 Å². The van der Waals surface area contributed by atoms with Gasteiger partial charge in [0.25, 0.3) is 0 Å². The van der Waals surface area contributed by atoms with Gasteiger partial charge in [-0.15, -0.1) is 0 Å². The van der Waals surface area contributed by atoms with Crippen molar-refractivity contribution in [3.8, 4) is 11.3 Å². The molecule has 0 unspecified atom stereocenters. The average Bonchev–Trinajstić information content (AvgIpc) is 2.75. The Labute approximate surface area is 98.1 Å². The quantitative estimate of drug-likeness (QED) is 0.691. The first kappa shape index (κ1) is 9.84. The average molecular weight is 225 g/mol. The second-order valence-electron chi connectivity index (χ2n) is 3.95. The summed E-state index contributed by atoms with van der Waals surface area (Å²) in [7, 11) is 0. The number of hydrogen-bond donors (Lipinski definition) is 1. The van der Waals surface area contributed by atoms with Gasteiger partial charge >= 0.3 is 0 Å². The number of fused-ring (bicyclic) bond motifs is 1. The van der Waals surface area contributed by atoms with Crippen LogP contribution in [0.25, 0.3) is 22.4 Å². The summed E-state index contributed by atoms with van der Waals surface area (Å²) in [6, 6.07) is 9.97. The summed E-state index contributed by atoms with van der Waals surface area (Å²) in [5.41, 5.74) is 8.50. The van der Waals surface area contributed by atoms with Gasteiger partial charge in [-0.3, -0.25) is 0 Å². The normalized spacial score (nSPS) is 10.9. The van der Waals surface area contributed by atoms with Crippen molar-refractivity contribution in [2.45, 2.75) is 6.92 Å². The van der Waals surface area contributed by atoms with Gasteiger partial charge in [-0.25, -0.2) is 9.97 Å². The van der Waals surface area contributed by atoms with Gasteiger partial charge in [-0.1, -0.05) is 29.8 Å². The number of benzene rings is 1. The molecular weight excluding hydrogens is 214 g/mol. The van der Waals surface area contributed by atoms with Gasteiger partial charge in [0, 0.05) is 5.56 Å². The first-order valence-corrected chi connectivity index (χ1v) is 5.31. The van der Waals surface area contributed by atoms with E-state index in [1.165, 1.54) is 11.9 Å². The molecule has 2 heterocycles. The predicted molar refractivity (Wildman–Crippen MR) is 66.4 cm³/mol. The van der Waals surface area contributed by atoms with Gasteiger partial charge in [0.1, 0.15) is 17.9 Å². The maximum absolute atomic E-state index is 5.76. The number of nitrogens with two attached hydrogens (primary N) is 1. The van der Waals surface area contributed by atoms with Crippen LogP contribution in [-0.2, 0) is 0 Å². The molecular formula is C13H11N3O. The Morgan fingerprint density at radius 1 is 1.12 bits per heavy atom. The third kappa shape index (κ3) is 1.63. The molecule has 0 amide bonds. The molecule has 1 aromatic carbocycles. The van der Waals surface area contributed by atoms with Crippen LogP contribution in [0.5, 0.6) is 0 Å². The van der Waals surface area contributed by atoms with Crippen molar-refractivity contribution in [2.75, 3.05) is 5.73 Å². The molecule has 0 radical (unpaired) electrons. The van der Waals surface area contributed by atoms with E-state index in [4.69, 9.17) is 10.2 Å². The van der Waals surface area contributed by atoms with E-state index in [0.29, 0.717) is 11.5 Å². The van der Waals surface area contributed by atoms with Crippen LogP contribution in [-0.4, -0.2) is 9.97 Å². The summed E-state index contributed by atoms with van der Waals surface area (Å²) in [6.45, 7) is 2.05. The lowest BCUT2D eigenvalue weighted by molar-refractivity contribution is 0.617. The SMILES string of the molecule is Cc1ccc(-c2cc3c(N)ncnc3o2)cc1. The number of hydrogen-bond acceptors (Lipinski definition) is 4.